The van der Waals surface area contributed by atoms with E-state index in [2.05, 4.69) is 43.1 Å². The molecule has 0 atom stereocenters. The van der Waals surface area contributed by atoms with Gasteiger partial charge in [-0.1, -0.05) is 17.7 Å². The van der Waals surface area contributed by atoms with E-state index in [9.17, 15) is 4.79 Å². The number of rotatable bonds is 1. The van der Waals surface area contributed by atoms with Crippen molar-refractivity contribution in [2.24, 2.45) is 0 Å². The highest BCUT2D eigenvalue weighted by Crippen LogP contribution is 2.26. The van der Waals surface area contributed by atoms with Gasteiger partial charge in [0.2, 0.25) is 5.91 Å². The Kier molecular flexibility index (Phi) is 2.86. The number of nitrogens with zero attached hydrogens (tertiary/aromatic N) is 1. The predicted molar refractivity (Wildman–Crippen MR) is 65.9 cm³/mol. The van der Waals surface area contributed by atoms with E-state index in [0.29, 0.717) is 6.54 Å². The van der Waals surface area contributed by atoms with Crippen molar-refractivity contribution in [1.29, 1.82) is 0 Å². The van der Waals surface area contributed by atoms with Gasteiger partial charge in [0, 0.05) is 18.8 Å². The van der Waals surface area contributed by atoms with E-state index in [1.165, 1.54) is 22.4 Å². The van der Waals surface area contributed by atoms with Crippen LogP contribution in [-0.4, -0.2) is 25.5 Å². The minimum absolute atomic E-state index is 0.116. The van der Waals surface area contributed by atoms with Crippen LogP contribution in [0.3, 0.4) is 0 Å². The molecule has 3 heteroatoms. The maximum atomic E-state index is 11.4. The molecule has 86 valence electrons. The Hall–Kier alpha value is -1.51. The predicted octanol–water partition coefficient (Wildman–Crippen LogP) is 1.55. The molecule has 0 radical (unpaired) electrons. The molecule has 0 saturated carbocycles. The fraction of sp³-hybridized carbons (Fsp3) is 0.462. The average Bonchev–Trinajstić information content (AvgIpc) is 2.15. The number of carbonyl (C=O) groups is 1. The third-order valence-corrected chi connectivity index (χ3v) is 2.99. The van der Waals surface area contributed by atoms with Gasteiger partial charge in [0.05, 0.1) is 6.54 Å². The molecule has 1 aliphatic heterocycles. The molecule has 1 aliphatic rings. The Balaban J connectivity index is 2.35. The van der Waals surface area contributed by atoms with E-state index in [1.807, 2.05) is 0 Å². The molecule has 0 unspecified atom stereocenters. The Morgan fingerprint density at radius 3 is 2.38 bits per heavy atom. The Morgan fingerprint density at radius 1 is 1.19 bits per heavy atom. The van der Waals surface area contributed by atoms with Crippen molar-refractivity contribution in [2.45, 2.75) is 20.8 Å². The smallest absolute Gasteiger partial charge is 0.239 e. The lowest BCUT2D eigenvalue weighted by atomic mass is 10.0. The lowest BCUT2D eigenvalue weighted by Crippen LogP contribution is -2.48. The van der Waals surface area contributed by atoms with Crippen molar-refractivity contribution in [3.8, 4) is 0 Å². The van der Waals surface area contributed by atoms with E-state index in [0.717, 1.165) is 13.1 Å². The Morgan fingerprint density at radius 2 is 1.81 bits per heavy atom. The lowest BCUT2D eigenvalue weighted by molar-refractivity contribution is -0.120. The number of carbonyl (C=O) groups excluding carboxylic acids is 1. The molecule has 0 aliphatic carbocycles. The topological polar surface area (TPSA) is 32.3 Å². The molecule has 0 spiro atoms. The molecule has 3 nitrogen and oxygen atoms in total. The Labute approximate surface area is 96.5 Å². The van der Waals surface area contributed by atoms with E-state index < -0.39 is 0 Å². The van der Waals surface area contributed by atoms with Crippen LogP contribution < -0.4 is 10.2 Å². The second-order valence-corrected chi connectivity index (χ2v) is 4.52. The molecule has 1 saturated heterocycles. The SMILES string of the molecule is Cc1cc(C)c(N2CCNC(=O)C2)c(C)c1. The summed E-state index contributed by atoms with van der Waals surface area (Å²) < 4.78 is 0. The van der Waals surface area contributed by atoms with Gasteiger partial charge < -0.3 is 10.2 Å². The van der Waals surface area contributed by atoms with E-state index >= 15 is 0 Å². The van der Waals surface area contributed by atoms with Gasteiger partial charge in [0.25, 0.3) is 0 Å². The fourth-order valence-electron chi connectivity index (χ4n) is 2.50. The first-order valence-electron chi connectivity index (χ1n) is 5.67. The van der Waals surface area contributed by atoms with Crippen molar-refractivity contribution in [1.82, 2.24) is 5.32 Å². The van der Waals surface area contributed by atoms with Gasteiger partial charge in [-0.05, 0) is 31.9 Å². The zero-order chi connectivity index (χ0) is 11.7. The molecule has 1 aromatic carbocycles. The van der Waals surface area contributed by atoms with E-state index in [-0.39, 0.29) is 5.91 Å². The summed E-state index contributed by atoms with van der Waals surface area (Å²) in [4.78, 5) is 13.6. The van der Waals surface area contributed by atoms with Crippen molar-refractivity contribution >= 4 is 11.6 Å². The van der Waals surface area contributed by atoms with Crippen LogP contribution in [0.2, 0.25) is 0 Å². The number of anilines is 1. The number of hydrogen-bond donors (Lipinski definition) is 1. The summed E-state index contributed by atoms with van der Waals surface area (Å²) in [6.45, 7) is 8.45. The maximum Gasteiger partial charge on any atom is 0.239 e. The summed E-state index contributed by atoms with van der Waals surface area (Å²) in [6.07, 6.45) is 0. The van der Waals surface area contributed by atoms with Crippen LogP contribution >= 0.6 is 0 Å². The van der Waals surface area contributed by atoms with Crippen LogP contribution in [0.1, 0.15) is 16.7 Å². The van der Waals surface area contributed by atoms with E-state index in [4.69, 9.17) is 0 Å². The molecule has 1 fully saturated rings. The van der Waals surface area contributed by atoms with Gasteiger partial charge in [-0.25, -0.2) is 0 Å². The summed E-state index contributed by atoms with van der Waals surface area (Å²) in [5.41, 5.74) is 5.01. The largest absolute Gasteiger partial charge is 0.360 e. The highest BCUT2D eigenvalue weighted by Gasteiger charge is 2.19. The molecule has 1 N–H and O–H groups in total. The second kappa shape index (κ2) is 4.16. The van der Waals surface area contributed by atoms with Crippen LogP contribution in [0, 0.1) is 20.8 Å². The first-order valence-corrected chi connectivity index (χ1v) is 5.67. The van der Waals surface area contributed by atoms with Crippen LogP contribution in [0.25, 0.3) is 0 Å². The van der Waals surface area contributed by atoms with Crippen LogP contribution in [0.15, 0.2) is 12.1 Å². The van der Waals surface area contributed by atoms with Gasteiger partial charge in [-0.15, -0.1) is 0 Å². The summed E-state index contributed by atoms with van der Waals surface area (Å²) >= 11 is 0. The van der Waals surface area contributed by atoms with Gasteiger partial charge in [-0.3, -0.25) is 4.79 Å². The molecule has 1 heterocycles. The maximum absolute atomic E-state index is 11.4. The molecule has 2 rings (SSSR count). The summed E-state index contributed by atoms with van der Waals surface area (Å²) in [5.74, 6) is 0.116. The van der Waals surface area contributed by atoms with Gasteiger partial charge in [0.15, 0.2) is 0 Å². The first-order chi connectivity index (χ1) is 7.58. The highest BCUT2D eigenvalue weighted by atomic mass is 16.2. The molecule has 0 aromatic heterocycles. The summed E-state index contributed by atoms with van der Waals surface area (Å²) in [7, 11) is 0. The van der Waals surface area contributed by atoms with Crippen molar-refractivity contribution in [3.63, 3.8) is 0 Å². The molecular formula is C13H18N2O. The number of benzene rings is 1. The standard InChI is InChI=1S/C13H18N2O/c1-9-6-10(2)13(11(3)7-9)15-5-4-14-12(16)8-15/h6-7H,4-5,8H2,1-3H3,(H,14,16). The van der Waals surface area contributed by atoms with Crippen LogP contribution in [0.5, 0.6) is 0 Å². The molecular weight excluding hydrogens is 200 g/mol. The average molecular weight is 218 g/mol. The van der Waals surface area contributed by atoms with Gasteiger partial charge in [-0.2, -0.15) is 0 Å². The molecule has 0 bridgehead atoms. The number of piperazine rings is 1. The van der Waals surface area contributed by atoms with Gasteiger partial charge >= 0.3 is 0 Å². The van der Waals surface area contributed by atoms with Crippen LogP contribution in [0.4, 0.5) is 5.69 Å². The first kappa shape index (κ1) is 11.0. The fourth-order valence-corrected chi connectivity index (χ4v) is 2.50. The molecule has 1 amide bonds. The van der Waals surface area contributed by atoms with Crippen molar-refractivity contribution in [2.75, 3.05) is 24.5 Å². The molecule has 16 heavy (non-hydrogen) atoms. The number of aryl methyl sites for hydroxylation is 3. The highest BCUT2D eigenvalue weighted by molar-refractivity contribution is 5.83. The van der Waals surface area contributed by atoms with Crippen LogP contribution in [-0.2, 0) is 4.79 Å². The number of amides is 1. The van der Waals surface area contributed by atoms with Crippen molar-refractivity contribution < 1.29 is 4.79 Å². The minimum atomic E-state index is 0.116. The van der Waals surface area contributed by atoms with Gasteiger partial charge in [0.1, 0.15) is 0 Å². The number of hydrogen-bond acceptors (Lipinski definition) is 2. The number of nitrogens with one attached hydrogen (secondary N) is 1. The molecule has 1 aromatic rings. The zero-order valence-electron chi connectivity index (χ0n) is 10.1. The second-order valence-electron chi connectivity index (χ2n) is 4.52. The summed E-state index contributed by atoms with van der Waals surface area (Å²) in [6, 6.07) is 4.35. The van der Waals surface area contributed by atoms with E-state index in [1.54, 1.807) is 0 Å². The minimum Gasteiger partial charge on any atom is -0.360 e. The Bertz CT molecular complexity index is 403. The third-order valence-electron chi connectivity index (χ3n) is 2.99. The quantitative estimate of drug-likeness (QED) is 0.775. The monoisotopic (exact) mass is 218 g/mol. The third kappa shape index (κ3) is 2.03. The normalized spacial score (nSPS) is 16.2. The lowest BCUT2D eigenvalue weighted by Gasteiger charge is -2.31. The van der Waals surface area contributed by atoms with Crippen molar-refractivity contribution in [3.05, 3.63) is 28.8 Å². The zero-order valence-corrected chi connectivity index (χ0v) is 10.1. The summed E-state index contributed by atoms with van der Waals surface area (Å²) in [5, 5.41) is 2.85.